The zero-order chi connectivity index (χ0) is 17.7. The molecule has 0 bridgehead atoms. The number of aromatic nitrogens is 1. The van der Waals surface area contributed by atoms with Gasteiger partial charge in [-0.2, -0.15) is 0 Å². The molecule has 0 saturated carbocycles. The number of aliphatic hydroxyl groups excluding tert-OH is 1. The molecule has 1 aromatic carbocycles. The van der Waals surface area contributed by atoms with E-state index < -0.39 is 0 Å². The smallest absolute Gasteiger partial charge is 0.273 e. The highest BCUT2D eigenvalue weighted by molar-refractivity contribution is 5.92. The van der Waals surface area contributed by atoms with Crippen molar-refractivity contribution in [2.24, 2.45) is 5.41 Å². The summed E-state index contributed by atoms with van der Waals surface area (Å²) in [5, 5.41) is 16.5. The van der Waals surface area contributed by atoms with E-state index in [4.69, 9.17) is 4.52 Å². The number of carbonyl (C=O) groups excluding carboxylic acids is 1. The fourth-order valence-corrected chi connectivity index (χ4v) is 2.59. The summed E-state index contributed by atoms with van der Waals surface area (Å²) < 4.78 is 5.18. The van der Waals surface area contributed by atoms with Gasteiger partial charge in [0.2, 0.25) is 0 Å². The van der Waals surface area contributed by atoms with Crippen LogP contribution in [0, 0.1) is 5.41 Å². The maximum Gasteiger partial charge on any atom is 0.273 e. The first-order valence-corrected chi connectivity index (χ1v) is 8.25. The van der Waals surface area contributed by atoms with Crippen LogP contribution in [-0.2, 0) is 0 Å². The topological polar surface area (TPSA) is 75.4 Å². The van der Waals surface area contributed by atoms with Gasteiger partial charge in [0.15, 0.2) is 5.69 Å². The van der Waals surface area contributed by atoms with E-state index >= 15 is 0 Å². The van der Waals surface area contributed by atoms with Crippen LogP contribution in [0.3, 0.4) is 0 Å². The summed E-state index contributed by atoms with van der Waals surface area (Å²) >= 11 is 0. The quantitative estimate of drug-likeness (QED) is 0.816. The molecule has 5 heteroatoms. The van der Waals surface area contributed by atoms with E-state index in [1.165, 1.54) is 0 Å². The fraction of sp³-hybridized carbons (Fsp3) is 0.474. The Morgan fingerprint density at radius 2 is 1.96 bits per heavy atom. The number of hydrogen-bond acceptors (Lipinski definition) is 4. The van der Waals surface area contributed by atoms with Gasteiger partial charge in [0, 0.05) is 31.1 Å². The third-order valence-corrected chi connectivity index (χ3v) is 4.35. The molecule has 2 aromatic rings. The molecule has 24 heavy (non-hydrogen) atoms. The monoisotopic (exact) mass is 330 g/mol. The predicted octanol–water partition coefficient (Wildman–Crippen LogP) is 3.33. The second-order valence-corrected chi connectivity index (χ2v) is 7.09. The molecule has 1 aromatic heterocycles. The molecule has 5 nitrogen and oxygen atoms in total. The summed E-state index contributed by atoms with van der Waals surface area (Å²) in [6.45, 7) is 8.40. The van der Waals surface area contributed by atoms with Gasteiger partial charge in [-0.15, -0.1) is 0 Å². The van der Waals surface area contributed by atoms with Crippen LogP contribution in [0.15, 0.2) is 40.9 Å². The second-order valence-electron chi connectivity index (χ2n) is 7.09. The Morgan fingerprint density at radius 3 is 2.50 bits per heavy atom. The van der Waals surface area contributed by atoms with Crippen LogP contribution < -0.4 is 5.32 Å². The highest BCUT2D eigenvalue weighted by Crippen LogP contribution is 2.34. The van der Waals surface area contributed by atoms with E-state index in [2.05, 4.69) is 10.5 Å². The average molecular weight is 330 g/mol. The van der Waals surface area contributed by atoms with E-state index in [0.717, 1.165) is 5.56 Å². The van der Waals surface area contributed by atoms with Crippen molar-refractivity contribution >= 4 is 5.91 Å². The molecule has 2 N–H and O–H groups in total. The highest BCUT2D eigenvalue weighted by atomic mass is 16.5. The molecule has 0 spiro atoms. The lowest BCUT2D eigenvalue weighted by Gasteiger charge is -2.33. The molecular formula is C19H26N2O3. The minimum absolute atomic E-state index is 0.0101. The number of hydrogen-bond donors (Lipinski definition) is 2. The van der Waals surface area contributed by atoms with Gasteiger partial charge in [-0.3, -0.25) is 4.79 Å². The SMILES string of the molecule is CC(C)c1cc(C(=O)NCC(c2ccccc2)C(C)(C)CO)no1. The van der Waals surface area contributed by atoms with Crippen molar-refractivity contribution in [1.82, 2.24) is 10.5 Å². The standard InChI is InChI=1S/C19H26N2O3/c1-13(2)17-10-16(21-24-17)18(23)20-11-15(19(3,4)12-22)14-8-6-5-7-9-14/h5-10,13,15,22H,11-12H2,1-4H3,(H,20,23). The molecule has 0 aliphatic carbocycles. The molecule has 1 atom stereocenters. The molecule has 0 aliphatic heterocycles. The lowest BCUT2D eigenvalue weighted by atomic mass is 9.75. The van der Waals surface area contributed by atoms with E-state index in [-0.39, 0.29) is 35.5 Å². The molecule has 0 saturated heterocycles. The zero-order valence-electron chi connectivity index (χ0n) is 14.7. The van der Waals surface area contributed by atoms with Crippen LogP contribution in [0.4, 0.5) is 0 Å². The van der Waals surface area contributed by atoms with Gasteiger partial charge >= 0.3 is 0 Å². The van der Waals surface area contributed by atoms with Crippen LogP contribution >= 0.6 is 0 Å². The summed E-state index contributed by atoms with van der Waals surface area (Å²) in [6.07, 6.45) is 0. The van der Waals surface area contributed by atoms with Crippen molar-refractivity contribution in [3.63, 3.8) is 0 Å². The van der Waals surface area contributed by atoms with Crippen LogP contribution in [0.2, 0.25) is 0 Å². The largest absolute Gasteiger partial charge is 0.396 e. The van der Waals surface area contributed by atoms with Crippen molar-refractivity contribution < 1.29 is 14.4 Å². The predicted molar refractivity (Wildman–Crippen MR) is 93.0 cm³/mol. The van der Waals surface area contributed by atoms with Crippen LogP contribution in [0.25, 0.3) is 0 Å². The number of nitrogens with one attached hydrogen (secondary N) is 1. The normalized spacial score (nSPS) is 13.1. The summed E-state index contributed by atoms with van der Waals surface area (Å²) in [7, 11) is 0. The number of rotatable bonds is 7. The molecule has 0 aliphatic rings. The molecule has 1 unspecified atom stereocenters. The van der Waals surface area contributed by atoms with Gasteiger partial charge in [-0.1, -0.05) is 63.2 Å². The maximum atomic E-state index is 12.3. The van der Waals surface area contributed by atoms with E-state index in [1.54, 1.807) is 6.07 Å². The maximum absolute atomic E-state index is 12.3. The number of nitrogens with zero attached hydrogens (tertiary/aromatic N) is 1. The minimum Gasteiger partial charge on any atom is -0.396 e. The molecule has 1 amide bonds. The van der Waals surface area contributed by atoms with Gasteiger partial charge in [0.1, 0.15) is 5.76 Å². The molecule has 130 valence electrons. The summed E-state index contributed by atoms with van der Waals surface area (Å²) in [5.41, 5.74) is 1.01. The first kappa shape index (κ1) is 18.2. The fourth-order valence-electron chi connectivity index (χ4n) is 2.59. The lowest BCUT2D eigenvalue weighted by molar-refractivity contribution is 0.0911. The van der Waals surface area contributed by atoms with Crippen molar-refractivity contribution in [1.29, 1.82) is 0 Å². The first-order valence-electron chi connectivity index (χ1n) is 8.25. The summed E-state index contributed by atoms with van der Waals surface area (Å²) in [6, 6.07) is 11.6. The molecular weight excluding hydrogens is 304 g/mol. The highest BCUT2D eigenvalue weighted by Gasteiger charge is 2.30. The van der Waals surface area contributed by atoms with Crippen molar-refractivity contribution in [2.45, 2.75) is 39.5 Å². The van der Waals surface area contributed by atoms with E-state index in [0.29, 0.717) is 12.3 Å². The number of aliphatic hydroxyl groups is 1. The Hall–Kier alpha value is -2.14. The molecule has 2 rings (SSSR count). The van der Waals surface area contributed by atoms with Gasteiger partial charge < -0.3 is 14.9 Å². The van der Waals surface area contributed by atoms with Crippen molar-refractivity contribution in [3.05, 3.63) is 53.4 Å². The molecule has 1 heterocycles. The number of benzene rings is 1. The number of carbonyl (C=O) groups is 1. The summed E-state index contributed by atoms with van der Waals surface area (Å²) in [4.78, 5) is 12.3. The van der Waals surface area contributed by atoms with Crippen LogP contribution in [0.1, 0.15) is 61.3 Å². The third-order valence-electron chi connectivity index (χ3n) is 4.35. The van der Waals surface area contributed by atoms with Crippen molar-refractivity contribution in [2.75, 3.05) is 13.2 Å². The van der Waals surface area contributed by atoms with Crippen LogP contribution in [-0.4, -0.2) is 29.3 Å². The Balaban J connectivity index is 2.11. The Bertz CT molecular complexity index is 662. The van der Waals surface area contributed by atoms with Gasteiger partial charge in [0.25, 0.3) is 5.91 Å². The Kier molecular flexibility index (Phi) is 5.78. The van der Waals surface area contributed by atoms with Gasteiger partial charge in [-0.25, -0.2) is 0 Å². The van der Waals surface area contributed by atoms with E-state index in [1.807, 2.05) is 58.0 Å². The average Bonchev–Trinajstić information content (AvgIpc) is 3.06. The summed E-state index contributed by atoms with van der Waals surface area (Å²) in [5.74, 6) is 0.601. The minimum atomic E-state index is -0.360. The van der Waals surface area contributed by atoms with Gasteiger partial charge in [0.05, 0.1) is 0 Å². The van der Waals surface area contributed by atoms with E-state index in [9.17, 15) is 9.90 Å². The Labute approximate surface area is 143 Å². The third kappa shape index (κ3) is 4.23. The Morgan fingerprint density at radius 1 is 1.29 bits per heavy atom. The molecule has 0 radical (unpaired) electrons. The molecule has 0 fully saturated rings. The van der Waals surface area contributed by atoms with Gasteiger partial charge in [-0.05, 0) is 11.0 Å². The lowest BCUT2D eigenvalue weighted by Crippen LogP contribution is -2.37. The van der Waals surface area contributed by atoms with Crippen molar-refractivity contribution in [3.8, 4) is 0 Å². The number of amides is 1. The van der Waals surface area contributed by atoms with Crippen LogP contribution in [0.5, 0.6) is 0 Å². The zero-order valence-corrected chi connectivity index (χ0v) is 14.7. The first-order chi connectivity index (χ1) is 11.3. The second kappa shape index (κ2) is 7.62.